The van der Waals surface area contributed by atoms with Gasteiger partial charge in [0.25, 0.3) is 0 Å². The molecule has 0 N–H and O–H groups in total. The quantitative estimate of drug-likeness (QED) is 0.630. The molecule has 2 saturated heterocycles. The van der Waals surface area contributed by atoms with Gasteiger partial charge in [-0.3, -0.25) is 14.4 Å². The molecule has 8 heteroatoms. The number of benzene rings is 2. The summed E-state index contributed by atoms with van der Waals surface area (Å²) >= 11 is 0. The van der Waals surface area contributed by atoms with E-state index in [2.05, 4.69) is 0 Å². The van der Waals surface area contributed by atoms with Crippen LogP contribution in [0.5, 0.6) is 17.2 Å². The van der Waals surface area contributed by atoms with E-state index in [1.54, 1.807) is 25.3 Å². The maximum absolute atomic E-state index is 13.9. The second-order valence-electron chi connectivity index (χ2n) is 10.3. The molecule has 2 fully saturated rings. The van der Waals surface area contributed by atoms with Crippen molar-refractivity contribution < 1.29 is 28.6 Å². The summed E-state index contributed by atoms with van der Waals surface area (Å²) in [5.41, 5.74) is 1.44. The summed E-state index contributed by atoms with van der Waals surface area (Å²) < 4.78 is 16.2. The molecule has 4 atom stereocenters. The number of rotatable bonds is 3. The van der Waals surface area contributed by atoms with Crippen LogP contribution in [0.2, 0.25) is 0 Å². The smallest absolute Gasteiger partial charge is 0.240 e. The number of nitrogens with zero attached hydrogens (tertiary/aromatic N) is 2. The highest BCUT2D eigenvalue weighted by Crippen LogP contribution is 2.51. The molecule has 0 spiro atoms. The molecule has 180 valence electrons. The van der Waals surface area contributed by atoms with E-state index in [0.29, 0.717) is 22.9 Å². The highest BCUT2D eigenvalue weighted by molar-refractivity contribution is 6.25. The first kappa shape index (κ1) is 21.7. The summed E-state index contributed by atoms with van der Waals surface area (Å²) in [5, 5.41) is 0. The third-order valence-electron chi connectivity index (χ3n) is 7.33. The molecule has 4 aliphatic rings. The summed E-state index contributed by atoms with van der Waals surface area (Å²) in [4.78, 5) is 44.8. The van der Waals surface area contributed by atoms with E-state index >= 15 is 0 Å². The van der Waals surface area contributed by atoms with E-state index < -0.39 is 29.3 Å². The molecule has 0 aliphatic carbocycles. The van der Waals surface area contributed by atoms with E-state index in [-0.39, 0.29) is 24.4 Å². The zero-order chi connectivity index (χ0) is 24.6. The third kappa shape index (κ3) is 3.02. The van der Waals surface area contributed by atoms with Crippen LogP contribution in [-0.4, -0.2) is 43.6 Å². The van der Waals surface area contributed by atoms with Crippen LogP contribution in [-0.2, 0) is 14.4 Å². The first-order chi connectivity index (χ1) is 16.7. The highest BCUT2D eigenvalue weighted by Gasteiger charge is 2.65. The van der Waals surface area contributed by atoms with Gasteiger partial charge >= 0.3 is 0 Å². The predicted molar refractivity (Wildman–Crippen MR) is 129 cm³/mol. The molecule has 0 unspecified atom stereocenters. The Morgan fingerprint density at radius 1 is 1.00 bits per heavy atom. The summed E-state index contributed by atoms with van der Waals surface area (Å²) in [5.74, 6) is -0.435. The molecule has 2 aromatic rings. The average molecular weight is 475 g/mol. The Bertz CT molecular complexity index is 1310. The zero-order valence-electron chi connectivity index (χ0n) is 20.0. The number of methoxy groups -OCH3 is 1. The number of hydrogen-bond acceptors (Lipinski definition) is 7. The number of carbonyl (C=O) groups is 3. The molecular formula is C27H26N2O6. The predicted octanol–water partition coefficient (Wildman–Crippen LogP) is 3.43. The lowest BCUT2D eigenvalue weighted by Gasteiger charge is -2.38. The zero-order valence-corrected chi connectivity index (χ0v) is 20.0. The van der Waals surface area contributed by atoms with Gasteiger partial charge in [0, 0.05) is 22.7 Å². The van der Waals surface area contributed by atoms with Gasteiger partial charge in [0.2, 0.25) is 18.6 Å². The van der Waals surface area contributed by atoms with Gasteiger partial charge < -0.3 is 19.1 Å². The Morgan fingerprint density at radius 2 is 1.74 bits per heavy atom. The number of ketones is 1. The van der Waals surface area contributed by atoms with Crippen molar-refractivity contribution in [3.05, 3.63) is 48.0 Å². The average Bonchev–Trinajstić information content (AvgIpc) is 3.50. The van der Waals surface area contributed by atoms with Gasteiger partial charge in [-0.25, -0.2) is 4.90 Å². The Balaban J connectivity index is 1.46. The SMILES string of the molecule is COc1ccc2c(c1)C=C[C@H]1[C@@H]3C(=O)N(c4ccc5c(c4)OCO5)C(=O)[C@@H]3[C@H](C(=O)C(C)(C)C)N21. The fourth-order valence-corrected chi connectivity index (χ4v) is 5.70. The largest absolute Gasteiger partial charge is 0.497 e. The molecule has 4 aliphatic heterocycles. The third-order valence-corrected chi connectivity index (χ3v) is 7.33. The van der Waals surface area contributed by atoms with Crippen molar-refractivity contribution in [2.75, 3.05) is 23.7 Å². The van der Waals surface area contributed by atoms with Crippen LogP contribution in [0.15, 0.2) is 42.5 Å². The standard InChI is InChI=1S/C27H26N2O6/c1-27(2,3)24(30)23-22-21(18-8-5-14-11-16(33-4)7-9-17(14)29(18)23)25(31)28(26(22)32)15-6-10-19-20(12-15)35-13-34-19/h5-12,18,21-23H,13H2,1-4H3/t18-,21-,22-,23+/m0/s1. The molecule has 35 heavy (non-hydrogen) atoms. The molecular weight excluding hydrogens is 448 g/mol. The van der Waals surface area contributed by atoms with Crippen LogP contribution >= 0.6 is 0 Å². The van der Waals surface area contributed by atoms with Crippen molar-refractivity contribution in [1.82, 2.24) is 0 Å². The highest BCUT2D eigenvalue weighted by atomic mass is 16.7. The normalized spacial score (nSPS) is 26.1. The van der Waals surface area contributed by atoms with Gasteiger partial charge in [-0.05, 0) is 30.3 Å². The van der Waals surface area contributed by atoms with Gasteiger partial charge in [0.15, 0.2) is 17.3 Å². The first-order valence-corrected chi connectivity index (χ1v) is 11.7. The maximum Gasteiger partial charge on any atom is 0.240 e. The van der Waals surface area contributed by atoms with Crippen molar-refractivity contribution in [3.63, 3.8) is 0 Å². The molecule has 0 radical (unpaired) electrons. The van der Waals surface area contributed by atoms with Crippen LogP contribution in [0.25, 0.3) is 6.08 Å². The summed E-state index contributed by atoms with van der Waals surface area (Å²) in [6, 6.07) is 9.49. The molecule has 6 rings (SSSR count). The van der Waals surface area contributed by atoms with Crippen LogP contribution < -0.4 is 24.0 Å². The number of imide groups is 1. The van der Waals surface area contributed by atoms with Crippen molar-refractivity contribution >= 4 is 35.0 Å². The summed E-state index contributed by atoms with van der Waals surface area (Å²) in [6.07, 6.45) is 3.88. The molecule has 0 bridgehead atoms. The van der Waals surface area contributed by atoms with Gasteiger partial charge in [0.1, 0.15) is 11.8 Å². The second-order valence-corrected chi connectivity index (χ2v) is 10.3. The van der Waals surface area contributed by atoms with Crippen LogP contribution in [0, 0.1) is 17.3 Å². The maximum atomic E-state index is 13.9. The topological polar surface area (TPSA) is 85.4 Å². The van der Waals surface area contributed by atoms with Gasteiger partial charge in [0.05, 0.1) is 30.7 Å². The van der Waals surface area contributed by atoms with Gasteiger partial charge in [-0.2, -0.15) is 0 Å². The van der Waals surface area contributed by atoms with Crippen molar-refractivity contribution in [3.8, 4) is 17.2 Å². The minimum Gasteiger partial charge on any atom is -0.497 e. The Labute approximate surface area is 203 Å². The first-order valence-electron chi connectivity index (χ1n) is 11.7. The number of anilines is 2. The molecule has 4 heterocycles. The molecule has 2 amide bonds. The van der Waals surface area contributed by atoms with E-state index in [1.807, 2.05) is 56.0 Å². The fourth-order valence-electron chi connectivity index (χ4n) is 5.70. The minimum absolute atomic E-state index is 0.0687. The molecule has 0 aromatic heterocycles. The van der Waals surface area contributed by atoms with Crippen molar-refractivity contribution in [1.29, 1.82) is 0 Å². The number of Topliss-reactive ketones (excluding diaryl/α,β-unsaturated/α-hetero) is 1. The second kappa shape index (κ2) is 7.34. The number of carbonyl (C=O) groups excluding carboxylic acids is 3. The lowest BCUT2D eigenvalue weighted by Crippen LogP contribution is -2.51. The van der Waals surface area contributed by atoms with E-state index in [4.69, 9.17) is 14.2 Å². The number of hydrogen-bond donors (Lipinski definition) is 0. The van der Waals surface area contributed by atoms with Crippen LogP contribution in [0.1, 0.15) is 26.3 Å². The lowest BCUT2D eigenvalue weighted by molar-refractivity contribution is -0.132. The number of ether oxygens (including phenoxy) is 3. The van der Waals surface area contributed by atoms with E-state index in [9.17, 15) is 14.4 Å². The molecule has 0 saturated carbocycles. The lowest BCUT2D eigenvalue weighted by atomic mass is 9.79. The summed E-state index contributed by atoms with van der Waals surface area (Å²) in [6.45, 7) is 5.65. The van der Waals surface area contributed by atoms with Crippen LogP contribution in [0.3, 0.4) is 0 Å². The van der Waals surface area contributed by atoms with E-state index in [0.717, 1.165) is 11.3 Å². The van der Waals surface area contributed by atoms with Gasteiger partial charge in [-0.1, -0.05) is 32.9 Å². The van der Waals surface area contributed by atoms with Crippen LogP contribution in [0.4, 0.5) is 11.4 Å². The molecule has 2 aromatic carbocycles. The Hall–Kier alpha value is -3.81. The van der Waals surface area contributed by atoms with E-state index in [1.165, 1.54) is 4.90 Å². The Morgan fingerprint density at radius 3 is 2.49 bits per heavy atom. The minimum atomic E-state index is -0.789. The molecule has 8 nitrogen and oxygen atoms in total. The fraction of sp³-hybridized carbons (Fsp3) is 0.370. The Kier molecular flexibility index (Phi) is 4.55. The van der Waals surface area contributed by atoms with Crippen molar-refractivity contribution in [2.45, 2.75) is 32.9 Å². The number of amides is 2. The monoisotopic (exact) mass is 474 g/mol. The van der Waals surface area contributed by atoms with Crippen molar-refractivity contribution in [2.24, 2.45) is 17.3 Å². The van der Waals surface area contributed by atoms with Gasteiger partial charge in [-0.15, -0.1) is 0 Å². The number of fused-ring (bicyclic) bond motifs is 6. The summed E-state index contributed by atoms with van der Waals surface area (Å²) in [7, 11) is 1.60.